The van der Waals surface area contributed by atoms with Gasteiger partial charge in [-0.3, -0.25) is 9.59 Å². The third-order valence-corrected chi connectivity index (χ3v) is 6.87. The molecule has 1 N–H and O–H groups in total. The molecule has 2 aromatic carbocycles. The SMILES string of the molecule is COc1ccc(S(=O)(=O)c2cn(CC(=O)Nc3cccc(F)c3)c3nc(C)ccc3c2=O)cc1. The third kappa shape index (κ3) is 4.53. The van der Waals surface area contributed by atoms with E-state index < -0.39 is 31.9 Å². The lowest BCUT2D eigenvalue weighted by Gasteiger charge is -2.14. The molecule has 34 heavy (non-hydrogen) atoms. The van der Waals surface area contributed by atoms with Gasteiger partial charge in [0, 0.05) is 17.6 Å². The Morgan fingerprint density at radius 3 is 2.53 bits per heavy atom. The molecule has 4 rings (SSSR count). The quantitative estimate of drug-likeness (QED) is 0.453. The summed E-state index contributed by atoms with van der Waals surface area (Å²) in [4.78, 5) is 29.6. The van der Waals surface area contributed by atoms with Gasteiger partial charge in [-0.2, -0.15) is 0 Å². The van der Waals surface area contributed by atoms with Gasteiger partial charge in [-0.05, 0) is 61.5 Å². The fourth-order valence-electron chi connectivity index (χ4n) is 3.45. The van der Waals surface area contributed by atoms with Crippen molar-refractivity contribution in [3.63, 3.8) is 0 Å². The van der Waals surface area contributed by atoms with E-state index in [1.54, 1.807) is 13.0 Å². The molecule has 0 fully saturated rings. The zero-order valence-electron chi connectivity index (χ0n) is 18.3. The molecule has 1 amide bonds. The molecule has 0 aliphatic rings. The first-order chi connectivity index (χ1) is 16.2. The van der Waals surface area contributed by atoms with Crippen molar-refractivity contribution in [2.75, 3.05) is 12.4 Å². The highest BCUT2D eigenvalue weighted by Gasteiger charge is 2.25. The number of amides is 1. The number of sulfone groups is 1. The molecule has 8 nitrogen and oxygen atoms in total. The second-order valence-corrected chi connectivity index (χ2v) is 9.43. The van der Waals surface area contributed by atoms with Crippen molar-refractivity contribution in [3.05, 3.63) is 88.6 Å². The molecule has 0 saturated heterocycles. The summed E-state index contributed by atoms with van der Waals surface area (Å²) in [5, 5.41) is 2.61. The minimum atomic E-state index is -4.22. The normalized spacial score (nSPS) is 11.4. The Hall–Kier alpha value is -4.05. The first-order valence-corrected chi connectivity index (χ1v) is 11.6. The molecule has 10 heteroatoms. The van der Waals surface area contributed by atoms with E-state index in [9.17, 15) is 22.4 Å². The lowest BCUT2D eigenvalue weighted by molar-refractivity contribution is -0.116. The molecule has 0 unspecified atom stereocenters. The van der Waals surface area contributed by atoms with Crippen molar-refractivity contribution >= 4 is 32.5 Å². The van der Waals surface area contributed by atoms with Gasteiger partial charge in [-0.15, -0.1) is 0 Å². The van der Waals surface area contributed by atoms with Gasteiger partial charge in [0.15, 0.2) is 0 Å². The second-order valence-electron chi connectivity index (χ2n) is 7.51. The van der Waals surface area contributed by atoms with E-state index in [0.29, 0.717) is 11.4 Å². The van der Waals surface area contributed by atoms with Gasteiger partial charge in [0.2, 0.25) is 21.2 Å². The van der Waals surface area contributed by atoms with Crippen LogP contribution in [0.1, 0.15) is 5.69 Å². The maximum Gasteiger partial charge on any atom is 0.244 e. The molecule has 2 heterocycles. The van der Waals surface area contributed by atoms with Crippen molar-refractivity contribution < 1.29 is 22.3 Å². The number of hydrogen-bond acceptors (Lipinski definition) is 6. The molecule has 174 valence electrons. The molecule has 0 saturated carbocycles. The number of nitrogens with zero attached hydrogens (tertiary/aromatic N) is 2. The maximum atomic E-state index is 13.5. The summed E-state index contributed by atoms with van der Waals surface area (Å²) in [7, 11) is -2.76. The van der Waals surface area contributed by atoms with Gasteiger partial charge < -0.3 is 14.6 Å². The van der Waals surface area contributed by atoms with Gasteiger partial charge in [0.25, 0.3) is 0 Å². The number of methoxy groups -OCH3 is 1. The molecule has 2 aromatic heterocycles. The van der Waals surface area contributed by atoms with E-state index in [-0.39, 0.29) is 28.2 Å². The van der Waals surface area contributed by atoms with Crippen molar-refractivity contribution in [2.45, 2.75) is 23.3 Å². The lowest BCUT2D eigenvalue weighted by Crippen LogP contribution is -2.24. The third-order valence-electron chi connectivity index (χ3n) is 5.11. The number of halogens is 1. The zero-order valence-corrected chi connectivity index (χ0v) is 19.1. The number of anilines is 1. The standard InChI is InChI=1S/C24H20FN3O5S/c1-15-6-11-20-23(30)21(34(31,32)19-9-7-18(33-2)8-10-19)13-28(24(20)26-15)14-22(29)27-17-5-3-4-16(25)12-17/h3-13H,14H2,1-2H3,(H,27,29). The van der Waals surface area contributed by atoms with E-state index in [1.807, 2.05) is 0 Å². The molecule has 0 bridgehead atoms. The van der Waals surface area contributed by atoms with Crippen LogP contribution in [0.2, 0.25) is 0 Å². The fraction of sp³-hybridized carbons (Fsp3) is 0.125. The Kier molecular flexibility index (Phi) is 6.16. The predicted molar refractivity (Wildman–Crippen MR) is 124 cm³/mol. The molecule has 0 aliphatic carbocycles. The Bertz CT molecular complexity index is 1560. The van der Waals surface area contributed by atoms with Crippen LogP contribution in [-0.4, -0.2) is 31.0 Å². The lowest BCUT2D eigenvalue weighted by atomic mass is 10.2. The summed E-state index contributed by atoms with van der Waals surface area (Å²) < 4.78 is 46.5. The van der Waals surface area contributed by atoms with Crippen LogP contribution in [-0.2, 0) is 21.2 Å². The van der Waals surface area contributed by atoms with Crippen LogP contribution in [0.3, 0.4) is 0 Å². The van der Waals surface area contributed by atoms with Gasteiger partial charge >= 0.3 is 0 Å². The molecular weight excluding hydrogens is 461 g/mol. The number of carbonyl (C=O) groups excluding carboxylic acids is 1. The number of benzene rings is 2. The zero-order chi connectivity index (χ0) is 24.5. The maximum absolute atomic E-state index is 13.5. The number of nitrogens with one attached hydrogen (secondary N) is 1. The summed E-state index contributed by atoms with van der Waals surface area (Å²) in [6.07, 6.45) is 1.11. The van der Waals surface area contributed by atoms with Crippen molar-refractivity contribution in [1.29, 1.82) is 0 Å². The largest absolute Gasteiger partial charge is 0.497 e. The second kappa shape index (κ2) is 9.06. The van der Waals surface area contributed by atoms with Crippen molar-refractivity contribution in [1.82, 2.24) is 9.55 Å². The molecule has 0 radical (unpaired) electrons. The summed E-state index contributed by atoms with van der Waals surface area (Å²) in [6, 6.07) is 14.1. The number of carbonyl (C=O) groups is 1. The summed E-state index contributed by atoms with van der Waals surface area (Å²) in [5.74, 6) is -0.605. The average Bonchev–Trinajstić information content (AvgIpc) is 2.80. The number of hydrogen-bond donors (Lipinski definition) is 1. The number of aryl methyl sites for hydroxylation is 1. The Morgan fingerprint density at radius 2 is 1.85 bits per heavy atom. The fourth-order valence-corrected chi connectivity index (χ4v) is 4.82. The van der Waals surface area contributed by atoms with E-state index in [4.69, 9.17) is 4.74 Å². The Morgan fingerprint density at radius 1 is 1.12 bits per heavy atom. The molecule has 0 aliphatic heterocycles. The highest BCUT2D eigenvalue weighted by atomic mass is 32.2. The first-order valence-electron chi connectivity index (χ1n) is 10.1. The van der Waals surface area contributed by atoms with Gasteiger partial charge in [0.1, 0.15) is 28.7 Å². The van der Waals surface area contributed by atoms with Gasteiger partial charge in [0.05, 0.1) is 17.4 Å². The van der Waals surface area contributed by atoms with Crippen molar-refractivity contribution in [2.24, 2.45) is 0 Å². The van der Waals surface area contributed by atoms with Crippen molar-refractivity contribution in [3.8, 4) is 5.75 Å². The molecule has 0 atom stereocenters. The minimum absolute atomic E-state index is 0.0544. The van der Waals surface area contributed by atoms with Gasteiger partial charge in [-0.1, -0.05) is 6.07 Å². The molecule has 4 aromatic rings. The number of pyridine rings is 2. The monoisotopic (exact) mass is 481 g/mol. The summed E-state index contributed by atoms with van der Waals surface area (Å²) >= 11 is 0. The predicted octanol–water partition coefficient (Wildman–Crippen LogP) is 3.32. The molecule has 0 spiro atoms. The summed E-state index contributed by atoms with van der Waals surface area (Å²) in [6.45, 7) is 1.36. The van der Waals surface area contributed by atoms with Crippen LogP contribution in [0.4, 0.5) is 10.1 Å². The smallest absolute Gasteiger partial charge is 0.244 e. The number of aromatic nitrogens is 2. The summed E-state index contributed by atoms with van der Waals surface area (Å²) in [5.41, 5.74) is 0.260. The topological polar surface area (TPSA) is 107 Å². The Labute approximate surface area is 194 Å². The highest BCUT2D eigenvalue weighted by molar-refractivity contribution is 7.91. The van der Waals surface area contributed by atoms with Crippen LogP contribution in [0.15, 0.2) is 81.4 Å². The average molecular weight is 482 g/mol. The van der Waals surface area contributed by atoms with E-state index in [0.717, 1.165) is 12.3 Å². The van der Waals surface area contributed by atoms with E-state index in [1.165, 1.54) is 60.2 Å². The van der Waals surface area contributed by atoms with Crippen LogP contribution in [0, 0.1) is 12.7 Å². The van der Waals surface area contributed by atoms with Crippen LogP contribution in [0.25, 0.3) is 11.0 Å². The number of ether oxygens (including phenoxy) is 1. The first kappa shape index (κ1) is 23.1. The Balaban J connectivity index is 1.81. The van der Waals surface area contributed by atoms with E-state index in [2.05, 4.69) is 10.3 Å². The van der Waals surface area contributed by atoms with E-state index >= 15 is 0 Å². The molecular formula is C24H20FN3O5S. The van der Waals surface area contributed by atoms with Crippen LogP contribution < -0.4 is 15.5 Å². The van der Waals surface area contributed by atoms with Gasteiger partial charge in [-0.25, -0.2) is 17.8 Å². The number of rotatable bonds is 6. The minimum Gasteiger partial charge on any atom is -0.497 e. The highest BCUT2D eigenvalue weighted by Crippen LogP contribution is 2.23. The van der Waals surface area contributed by atoms with Crippen LogP contribution >= 0.6 is 0 Å². The van der Waals surface area contributed by atoms with Crippen LogP contribution in [0.5, 0.6) is 5.75 Å². The number of fused-ring (bicyclic) bond motifs is 1.